The third-order valence-electron chi connectivity index (χ3n) is 5.25. The standard InChI is InChI=1S/C19H26N4/c1-13-2-9-18-17(10-13)19(22-12-21-18)23-16-7-5-15(6-8-16)20-11-14-3-4-14/h2,9-10,12,14-16,20H,3-8,11H2,1H3,(H,21,22,23). The van der Waals surface area contributed by atoms with Gasteiger partial charge in [0.15, 0.2) is 0 Å². The first-order chi connectivity index (χ1) is 11.3. The Morgan fingerprint density at radius 1 is 1.00 bits per heavy atom. The van der Waals surface area contributed by atoms with Gasteiger partial charge in [-0.3, -0.25) is 0 Å². The van der Waals surface area contributed by atoms with Crippen LogP contribution in [-0.2, 0) is 0 Å². The van der Waals surface area contributed by atoms with Gasteiger partial charge in [-0.25, -0.2) is 9.97 Å². The Labute approximate surface area is 138 Å². The van der Waals surface area contributed by atoms with Crippen LogP contribution < -0.4 is 10.6 Å². The number of aryl methyl sites for hydroxylation is 1. The number of fused-ring (bicyclic) bond motifs is 1. The van der Waals surface area contributed by atoms with Crippen molar-refractivity contribution in [3.63, 3.8) is 0 Å². The summed E-state index contributed by atoms with van der Waals surface area (Å²) in [4.78, 5) is 8.86. The predicted octanol–water partition coefficient (Wildman–Crippen LogP) is 3.66. The molecule has 4 heteroatoms. The highest BCUT2D eigenvalue weighted by molar-refractivity contribution is 5.89. The van der Waals surface area contributed by atoms with Crippen molar-refractivity contribution in [1.29, 1.82) is 0 Å². The summed E-state index contributed by atoms with van der Waals surface area (Å²) in [6.07, 6.45) is 9.52. The van der Waals surface area contributed by atoms with Gasteiger partial charge in [0.05, 0.1) is 5.52 Å². The molecule has 122 valence electrons. The molecule has 0 saturated heterocycles. The summed E-state index contributed by atoms with van der Waals surface area (Å²) in [5.74, 6) is 1.97. The van der Waals surface area contributed by atoms with Gasteiger partial charge >= 0.3 is 0 Å². The molecule has 2 aliphatic carbocycles. The first-order valence-electron chi connectivity index (χ1n) is 8.99. The molecule has 2 aromatic rings. The van der Waals surface area contributed by atoms with Gasteiger partial charge in [0.2, 0.25) is 0 Å². The van der Waals surface area contributed by atoms with Crippen molar-refractivity contribution in [2.24, 2.45) is 5.92 Å². The molecule has 0 aliphatic heterocycles. The first-order valence-corrected chi connectivity index (χ1v) is 8.99. The lowest BCUT2D eigenvalue weighted by Crippen LogP contribution is -2.37. The van der Waals surface area contributed by atoms with Crippen molar-refractivity contribution in [2.45, 2.75) is 57.5 Å². The van der Waals surface area contributed by atoms with Crippen LogP contribution in [0.5, 0.6) is 0 Å². The molecule has 0 unspecified atom stereocenters. The Morgan fingerprint density at radius 3 is 2.57 bits per heavy atom. The van der Waals surface area contributed by atoms with E-state index < -0.39 is 0 Å². The highest BCUT2D eigenvalue weighted by atomic mass is 15.0. The minimum Gasteiger partial charge on any atom is -0.367 e. The quantitative estimate of drug-likeness (QED) is 0.885. The van der Waals surface area contributed by atoms with Gasteiger partial charge < -0.3 is 10.6 Å². The molecule has 0 spiro atoms. The normalized spacial score (nSPS) is 24.7. The first kappa shape index (κ1) is 14.9. The number of nitrogens with zero attached hydrogens (tertiary/aromatic N) is 2. The Bertz CT molecular complexity index is 672. The van der Waals surface area contributed by atoms with Crippen LogP contribution in [0.25, 0.3) is 10.9 Å². The second-order valence-corrected chi connectivity index (χ2v) is 7.29. The van der Waals surface area contributed by atoms with E-state index in [0.29, 0.717) is 6.04 Å². The Hall–Kier alpha value is -1.68. The third-order valence-corrected chi connectivity index (χ3v) is 5.25. The van der Waals surface area contributed by atoms with E-state index in [2.05, 4.69) is 45.7 Å². The van der Waals surface area contributed by atoms with Crippen molar-refractivity contribution in [3.05, 3.63) is 30.1 Å². The van der Waals surface area contributed by atoms with Crippen LogP contribution >= 0.6 is 0 Å². The van der Waals surface area contributed by atoms with Gasteiger partial charge in [-0.15, -0.1) is 0 Å². The molecule has 2 aliphatic rings. The minimum atomic E-state index is 0.535. The summed E-state index contributed by atoms with van der Waals surface area (Å²) < 4.78 is 0. The largest absolute Gasteiger partial charge is 0.367 e. The number of aromatic nitrogens is 2. The number of hydrogen-bond acceptors (Lipinski definition) is 4. The maximum atomic E-state index is 4.49. The van der Waals surface area contributed by atoms with Crippen LogP contribution in [-0.4, -0.2) is 28.6 Å². The summed E-state index contributed by atoms with van der Waals surface area (Å²) in [7, 11) is 0. The summed E-state index contributed by atoms with van der Waals surface area (Å²) in [6, 6.07) is 7.62. The Morgan fingerprint density at radius 2 is 1.78 bits per heavy atom. The zero-order valence-corrected chi connectivity index (χ0v) is 13.9. The van der Waals surface area contributed by atoms with E-state index in [4.69, 9.17) is 0 Å². The fourth-order valence-corrected chi connectivity index (χ4v) is 3.58. The molecule has 0 radical (unpaired) electrons. The lowest BCUT2D eigenvalue weighted by molar-refractivity contribution is 0.350. The summed E-state index contributed by atoms with van der Waals surface area (Å²) in [5.41, 5.74) is 2.27. The summed E-state index contributed by atoms with van der Waals surface area (Å²) >= 11 is 0. The molecule has 0 atom stereocenters. The molecule has 4 rings (SSSR count). The van der Waals surface area contributed by atoms with E-state index in [1.807, 2.05) is 0 Å². The average Bonchev–Trinajstić information content (AvgIpc) is 3.39. The highest BCUT2D eigenvalue weighted by Gasteiger charge is 2.25. The van der Waals surface area contributed by atoms with Gasteiger partial charge in [-0.2, -0.15) is 0 Å². The SMILES string of the molecule is Cc1ccc2ncnc(NC3CCC(NCC4CC4)CC3)c2c1. The molecule has 23 heavy (non-hydrogen) atoms. The van der Waals surface area contributed by atoms with Crippen LogP contribution in [0.1, 0.15) is 44.1 Å². The zero-order valence-electron chi connectivity index (χ0n) is 13.9. The Balaban J connectivity index is 1.38. The topological polar surface area (TPSA) is 49.8 Å². The van der Waals surface area contributed by atoms with Gasteiger partial charge in [0, 0.05) is 17.5 Å². The highest BCUT2D eigenvalue weighted by Crippen LogP contribution is 2.29. The van der Waals surface area contributed by atoms with E-state index in [1.54, 1.807) is 6.33 Å². The van der Waals surface area contributed by atoms with Gasteiger partial charge in [-0.05, 0) is 70.0 Å². The second kappa shape index (κ2) is 6.44. The van der Waals surface area contributed by atoms with E-state index in [-0.39, 0.29) is 0 Å². The van der Waals surface area contributed by atoms with E-state index in [0.717, 1.165) is 28.7 Å². The van der Waals surface area contributed by atoms with Gasteiger partial charge in [0.25, 0.3) is 0 Å². The number of hydrogen-bond donors (Lipinski definition) is 2. The monoisotopic (exact) mass is 310 g/mol. The van der Waals surface area contributed by atoms with Gasteiger partial charge in [0.1, 0.15) is 12.1 Å². The fourth-order valence-electron chi connectivity index (χ4n) is 3.58. The molecule has 1 aromatic carbocycles. The molecule has 0 bridgehead atoms. The zero-order chi connectivity index (χ0) is 15.6. The number of rotatable bonds is 5. The van der Waals surface area contributed by atoms with E-state index >= 15 is 0 Å². The fraction of sp³-hybridized carbons (Fsp3) is 0.579. The van der Waals surface area contributed by atoms with Crippen molar-refractivity contribution in [2.75, 3.05) is 11.9 Å². The van der Waals surface area contributed by atoms with Crippen molar-refractivity contribution < 1.29 is 0 Å². The Kier molecular flexibility index (Phi) is 4.17. The minimum absolute atomic E-state index is 0.535. The molecular formula is C19H26N4. The van der Waals surface area contributed by atoms with Crippen LogP contribution in [0.15, 0.2) is 24.5 Å². The molecule has 0 amide bonds. The molecule has 4 nitrogen and oxygen atoms in total. The number of nitrogens with one attached hydrogen (secondary N) is 2. The smallest absolute Gasteiger partial charge is 0.137 e. The lowest BCUT2D eigenvalue weighted by atomic mass is 9.91. The van der Waals surface area contributed by atoms with Crippen molar-refractivity contribution >= 4 is 16.7 Å². The van der Waals surface area contributed by atoms with E-state index in [9.17, 15) is 0 Å². The van der Waals surface area contributed by atoms with Crippen molar-refractivity contribution in [3.8, 4) is 0 Å². The van der Waals surface area contributed by atoms with Crippen molar-refractivity contribution in [1.82, 2.24) is 15.3 Å². The summed E-state index contributed by atoms with van der Waals surface area (Å²) in [5, 5.41) is 8.56. The van der Waals surface area contributed by atoms with Crippen LogP contribution in [0.4, 0.5) is 5.82 Å². The van der Waals surface area contributed by atoms with Gasteiger partial charge in [-0.1, -0.05) is 11.6 Å². The summed E-state index contributed by atoms with van der Waals surface area (Å²) in [6.45, 7) is 3.35. The number of anilines is 1. The van der Waals surface area contributed by atoms with Crippen LogP contribution in [0, 0.1) is 12.8 Å². The maximum Gasteiger partial charge on any atom is 0.137 e. The van der Waals surface area contributed by atoms with Crippen LogP contribution in [0.2, 0.25) is 0 Å². The second-order valence-electron chi connectivity index (χ2n) is 7.29. The lowest BCUT2D eigenvalue weighted by Gasteiger charge is -2.30. The molecule has 2 fully saturated rings. The molecule has 1 heterocycles. The maximum absolute atomic E-state index is 4.49. The molecule has 2 saturated carbocycles. The number of benzene rings is 1. The third kappa shape index (κ3) is 3.63. The predicted molar refractivity (Wildman–Crippen MR) is 94.7 cm³/mol. The molecular weight excluding hydrogens is 284 g/mol. The molecule has 1 aromatic heterocycles. The van der Waals surface area contributed by atoms with Crippen LogP contribution in [0.3, 0.4) is 0 Å². The average molecular weight is 310 g/mol. The molecule has 2 N–H and O–H groups in total. The van der Waals surface area contributed by atoms with E-state index in [1.165, 1.54) is 50.6 Å².